The summed E-state index contributed by atoms with van der Waals surface area (Å²) in [5.74, 6) is -1.10. The average molecular weight is 446 g/mol. The van der Waals surface area contributed by atoms with Crippen LogP contribution in [0.3, 0.4) is 0 Å². The molecule has 3 aromatic rings. The van der Waals surface area contributed by atoms with E-state index in [0.717, 1.165) is 44.1 Å². The quantitative estimate of drug-likeness (QED) is 0.563. The largest absolute Gasteiger partial charge is 0.363 e. The molecule has 6 nitrogen and oxygen atoms in total. The minimum absolute atomic E-state index is 0.249. The molecule has 1 N–H and O–H groups in total. The van der Waals surface area contributed by atoms with Crippen LogP contribution in [0.2, 0.25) is 0 Å². The van der Waals surface area contributed by atoms with Crippen molar-refractivity contribution in [1.82, 2.24) is 18.4 Å². The first-order valence-corrected chi connectivity index (χ1v) is 11.1. The van der Waals surface area contributed by atoms with Crippen molar-refractivity contribution in [3.8, 4) is 0 Å². The van der Waals surface area contributed by atoms with Gasteiger partial charge in [0.25, 0.3) is 5.91 Å². The third kappa shape index (κ3) is 4.52. The van der Waals surface area contributed by atoms with E-state index in [0.29, 0.717) is 16.9 Å². The highest BCUT2D eigenvalue weighted by Crippen LogP contribution is 2.36. The minimum Gasteiger partial charge on any atom is -0.363 e. The number of pyridine rings is 1. The number of carbonyl (C=O) groups excluding carboxylic acids is 1. The van der Waals surface area contributed by atoms with E-state index < -0.39 is 11.6 Å². The number of carbonyl (C=O) groups is 1. The molecular formula is C22H25F2N5OS. The molecule has 31 heavy (non-hydrogen) atoms. The van der Waals surface area contributed by atoms with Crippen molar-refractivity contribution in [2.24, 2.45) is 0 Å². The van der Waals surface area contributed by atoms with Crippen LogP contribution in [0.25, 0.3) is 5.65 Å². The Bertz CT molecular complexity index is 1090. The lowest BCUT2D eigenvalue weighted by atomic mass is 9.94. The van der Waals surface area contributed by atoms with Gasteiger partial charge in [-0.15, -0.1) is 0 Å². The SMILES string of the molecule is CCN(C)SNC(=O)c1cnc2ccc(N3CCCCC3c3cc(F)ccc3F)cn12. The van der Waals surface area contributed by atoms with Crippen LogP contribution in [0.4, 0.5) is 14.5 Å². The lowest BCUT2D eigenvalue weighted by Crippen LogP contribution is -2.34. The van der Waals surface area contributed by atoms with Crippen LogP contribution in [-0.4, -0.2) is 39.7 Å². The molecule has 164 valence electrons. The number of fused-ring (bicyclic) bond motifs is 1. The summed E-state index contributed by atoms with van der Waals surface area (Å²) in [6, 6.07) is 7.10. The van der Waals surface area contributed by atoms with Crippen LogP contribution in [-0.2, 0) is 0 Å². The maximum atomic E-state index is 14.5. The second kappa shape index (κ2) is 9.23. The van der Waals surface area contributed by atoms with Crippen LogP contribution in [0, 0.1) is 11.6 Å². The van der Waals surface area contributed by atoms with Crippen molar-refractivity contribution in [1.29, 1.82) is 0 Å². The highest BCUT2D eigenvalue weighted by atomic mass is 32.2. The van der Waals surface area contributed by atoms with Crippen molar-refractivity contribution < 1.29 is 13.6 Å². The van der Waals surface area contributed by atoms with E-state index in [2.05, 4.69) is 14.6 Å². The number of nitrogens with zero attached hydrogens (tertiary/aromatic N) is 4. The maximum absolute atomic E-state index is 14.5. The molecule has 1 amide bonds. The van der Waals surface area contributed by atoms with Gasteiger partial charge in [-0.3, -0.25) is 13.9 Å². The minimum atomic E-state index is -0.444. The molecule has 1 aliphatic heterocycles. The summed E-state index contributed by atoms with van der Waals surface area (Å²) >= 11 is 1.23. The van der Waals surface area contributed by atoms with E-state index in [-0.39, 0.29) is 11.9 Å². The molecule has 4 rings (SSSR count). The lowest BCUT2D eigenvalue weighted by molar-refractivity contribution is 0.0977. The van der Waals surface area contributed by atoms with Gasteiger partial charge in [0.2, 0.25) is 0 Å². The van der Waals surface area contributed by atoms with Crippen molar-refractivity contribution >= 4 is 29.4 Å². The molecule has 1 unspecified atom stereocenters. The van der Waals surface area contributed by atoms with Gasteiger partial charge in [0, 0.05) is 37.0 Å². The summed E-state index contributed by atoms with van der Waals surface area (Å²) in [5, 5.41) is 0. The van der Waals surface area contributed by atoms with Gasteiger partial charge in [-0.05, 0) is 56.6 Å². The van der Waals surface area contributed by atoms with Gasteiger partial charge < -0.3 is 4.90 Å². The standard InChI is InChI=1S/C22H25F2N5OS/c1-3-27(2)31-26-22(30)20-13-25-21-10-8-16(14-29(20)21)28-11-5-4-6-19(28)17-12-15(23)7-9-18(17)24/h7-10,12-14,19H,3-6,11H2,1-2H3,(H,26,30). The molecule has 0 spiro atoms. The zero-order valence-electron chi connectivity index (χ0n) is 17.5. The van der Waals surface area contributed by atoms with Gasteiger partial charge in [0.05, 0.1) is 17.9 Å². The number of benzene rings is 1. The molecule has 1 atom stereocenters. The highest BCUT2D eigenvalue weighted by molar-refractivity contribution is 7.95. The number of aromatic nitrogens is 2. The molecule has 0 aliphatic carbocycles. The summed E-state index contributed by atoms with van der Waals surface area (Å²) in [6.45, 7) is 3.50. The Labute approximate surface area is 184 Å². The normalized spacial score (nSPS) is 16.8. The van der Waals surface area contributed by atoms with E-state index in [9.17, 15) is 13.6 Å². The summed E-state index contributed by atoms with van der Waals surface area (Å²) < 4.78 is 34.8. The Morgan fingerprint density at radius 3 is 2.94 bits per heavy atom. The smallest absolute Gasteiger partial charge is 0.280 e. The third-order valence-electron chi connectivity index (χ3n) is 5.61. The second-order valence-electron chi connectivity index (χ2n) is 7.60. The van der Waals surface area contributed by atoms with Gasteiger partial charge in [0.1, 0.15) is 23.0 Å². The average Bonchev–Trinajstić information content (AvgIpc) is 3.22. The first kappa shape index (κ1) is 21.6. The molecule has 1 saturated heterocycles. The van der Waals surface area contributed by atoms with E-state index >= 15 is 0 Å². The van der Waals surface area contributed by atoms with E-state index in [4.69, 9.17) is 0 Å². The van der Waals surface area contributed by atoms with Gasteiger partial charge in [-0.2, -0.15) is 0 Å². The van der Waals surface area contributed by atoms with E-state index in [1.165, 1.54) is 24.3 Å². The molecule has 1 fully saturated rings. The lowest BCUT2D eigenvalue weighted by Gasteiger charge is -2.38. The molecular weight excluding hydrogens is 420 g/mol. The predicted octanol–water partition coefficient (Wildman–Crippen LogP) is 4.59. The number of amides is 1. The Kier molecular flexibility index (Phi) is 6.43. The van der Waals surface area contributed by atoms with Crippen molar-refractivity contribution in [2.75, 3.05) is 25.0 Å². The Hall–Kier alpha value is -2.65. The van der Waals surface area contributed by atoms with Crippen molar-refractivity contribution in [3.05, 3.63) is 65.6 Å². The number of piperidine rings is 1. The Balaban J connectivity index is 1.66. The maximum Gasteiger partial charge on any atom is 0.280 e. The van der Waals surface area contributed by atoms with Crippen LogP contribution in [0.1, 0.15) is 48.3 Å². The van der Waals surface area contributed by atoms with Crippen LogP contribution in [0.15, 0.2) is 42.7 Å². The fourth-order valence-electron chi connectivity index (χ4n) is 3.88. The summed E-state index contributed by atoms with van der Waals surface area (Å²) in [4.78, 5) is 19.1. The van der Waals surface area contributed by atoms with Gasteiger partial charge in [0.15, 0.2) is 0 Å². The highest BCUT2D eigenvalue weighted by Gasteiger charge is 2.27. The number of anilines is 1. The molecule has 9 heteroatoms. The monoisotopic (exact) mass is 445 g/mol. The van der Waals surface area contributed by atoms with Gasteiger partial charge in [-0.1, -0.05) is 6.92 Å². The molecule has 2 aromatic heterocycles. The molecule has 1 aliphatic rings. The zero-order chi connectivity index (χ0) is 22.0. The van der Waals surface area contributed by atoms with Crippen LogP contribution in [0.5, 0.6) is 0 Å². The Morgan fingerprint density at radius 1 is 1.29 bits per heavy atom. The number of imidazole rings is 1. The second-order valence-corrected chi connectivity index (χ2v) is 8.61. The summed E-state index contributed by atoms with van der Waals surface area (Å²) in [6.07, 6.45) is 6.03. The molecule has 0 bridgehead atoms. The first-order chi connectivity index (χ1) is 15.0. The first-order valence-electron chi connectivity index (χ1n) is 10.3. The number of hydrogen-bond donors (Lipinski definition) is 1. The van der Waals surface area contributed by atoms with E-state index in [1.807, 2.05) is 36.6 Å². The molecule has 3 heterocycles. The predicted molar refractivity (Wildman–Crippen MR) is 119 cm³/mol. The molecule has 0 radical (unpaired) electrons. The Morgan fingerprint density at radius 2 is 2.13 bits per heavy atom. The van der Waals surface area contributed by atoms with Crippen LogP contribution < -0.4 is 9.62 Å². The fourth-order valence-corrected chi connectivity index (χ4v) is 4.35. The van der Waals surface area contributed by atoms with Gasteiger partial charge in [-0.25, -0.2) is 18.1 Å². The summed E-state index contributed by atoms with van der Waals surface area (Å²) in [5.41, 5.74) is 2.27. The fraction of sp³-hybridized carbons (Fsp3) is 0.364. The van der Waals surface area contributed by atoms with E-state index in [1.54, 1.807) is 10.6 Å². The van der Waals surface area contributed by atoms with Gasteiger partial charge >= 0.3 is 0 Å². The molecule has 0 saturated carbocycles. The number of rotatable bonds is 6. The van der Waals surface area contributed by atoms with Crippen molar-refractivity contribution in [3.63, 3.8) is 0 Å². The topological polar surface area (TPSA) is 52.9 Å². The number of nitrogens with one attached hydrogen (secondary N) is 1. The van der Waals surface area contributed by atoms with Crippen molar-refractivity contribution in [2.45, 2.75) is 32.2 Å². The number of halogens is 2. The number of hydrogen-bond acceptors (Lipinski definition) is 5. The zero-order valence-corrected chi connectivity index (χ0v) is 18.3. The van der Waals surface area contributed by atoms with Crippen LogP contribution >= 0.6 is 12.1 Å². The summed E-state index contributed by atoms with van der Waals surface area (Å²) in [7, 11) is 1.89. The third-order valence-corrected chi connectivity index (χ3v) is 6.46. The molecule has 1 aromatic carbocycles.